The van der Waals surface area contributed by atoms with E-state index in [0.29, 0.717) is 6.61 Å². The second-order valence-corrected chi connectivity index (χ2v) is 3.25. The molecule has 3 nitrogen and oxygen atoms in total. The topological polar surface area (TPSA) is 41.5 Å². The number of ether oxygens (including phenoxy) is 1. The second-order valence-electron chi connectivity index (χ2n) is 3.25. The van der Waals surface area contributed by atoms with Crippen LogP contribution in [-0.4, -0.2) is 37.5 Å². The van der Waals surface area contributed by atoms with Crippen molar-refractivity contribution >= 4 is 0 Å². The molecule has 0 radical (unpaired) electrons. The van der Waals surface area contributed by atoms with Gasteiger partial charge in [-0.2, -0.15) is 0 Å². The summed E-state index contributed by atoms with van der Waals surface area (Å²) in [6.07, 6.45) is 2.72. The standard InChI is InChI=1S/C8H17NO2/c1-11-6-4-8(10)3-2-5-9-7-8/h9-10H,2-7H2,1H3. The van der Waals surface area contributed by atoms with Crippen LogP contribution in [0.25, 0.3) is 0 Å². The number of methoxy groups -OCH3 is 1. The summed E-state index contributed by atoms with van der Waals surface area (Å²) in [7, 11) is 1.67. The van der Waals surface area contributed by atoms with Gasteiger partial charge in [-0.15, -0.1) is 0 Å². The molecule has 1 fully saturated rings. The molecule has 0 amide bonds. The molecule has 0 aliphatic carbocycles. The number of rotatable bonds is 3. The van der Waals surface area contributed by atoms with Gasteiger partial charge in [-0.25, -0.2) is 0 Å². The van der Waals surface area contributed by atoms with Gasteiger partial charge in [0.25, 0.3) is 0 Å². The molecule has 1 aliphatic rings. The van der Waals surface area contributed by atoms with Gasteiger partial charge in [0.15, 0.2) is 0 Å². The van der Waals surface area contributed by atoms with Gasteiger partial charge in [-0.3, -0.25) is 0 Å². The molecule has 1 heterocycles. The highest BCUT2D eigenvalue weighted by molar-refractivity contribution is 4.84. The summed E-state index contributed by atoms with van der Waals surface area (Å²) in [5.74, 6) is 0. The minimum Gasteiger partial charge on any atom is -0.388 e. The Morgan fingerprint density at radius 1 is 1.64 bits per heavy atom. The van der Waals surface area contributed by atoms with E-state index in [9.17, 15) is 5.11 Å². The summed E-state index contributed by atoms with van der Waals surface area (Å²) < 4.78 is 4.92. The van der Waals surface area contributed by atoms with Crippen molar-refractivity contribution in [3.05, 3.63) is 0 Å². The minimum atomic E-state index is -0.506. The van der Waals surface area contributed by atoms with Crippen LogP contribution in [0, 0.1) is 0 Å². The minimum absolute atomic E-state index is 0.506. The maximum absolute atomic E-state index is 9.86. The van der Waals surface area contributed by atoms with Crippen LogP contribution < -0.4 is 5.32 Å². The number of aliphatic hydroxyl groups is 1. The Kier molecular flexibility index (Phi) is 3.30. The fraction of sp³-hybridized carbons (Fsp3) is 1.00. The average molecular weight is 159 g/mol. The number of piperidine rings is 1. The van der Waals surface area contributed by atoms with Crippen molar-refractivity contribution in [1.82, 2.24) is 5.32 Å². The normalized spacial score (nSPS) is 32.2. The SMILES string of the molecule is COCCC1(O)CCCNC1. The molecule has 0 bridgehead atoms. The molecule has 0 aromatic rings. The molecule has 0 aromatic heterocycles. The van der Waals surface area contributed by atoms with E-state index in [1.165, 1.54) is 0 Å². The van der Waals surface area contributed by atoms with Crippen molar-refractivity contribution in [2.75, 3.05) is 26.8 Å². The van der Waals surface area contributed by atoms with Gasteiger partial charge in [0.1, 0.15) is 0 Å². The van der Waals surface area contributed by atoms with Crippen molar-refractivity contribution in [3.8, 4) is 0 Å². The highest BCUT2D eigenvalue weighted by Crippen LogP contribution is 2.19. The Bertz CT molecular complexity index is 111. The lowest BCUT2D eigenvalue weighted by Gasteiger charge is -2.32. The quantitative estimate of drug-likeness (QED) is 0.615. The van der Waals surface area contributed by atoms with Gasteiger partial charge in [0, 0.05) is 26.7 Å². The first-order valence-corrected chi connectivity index (χ1v) is 4.19. The third-order valence-corrected chi connectivity index (χ3v) is 2.22. The van der Waals surface area contributed by atoms with Crippen molar-refractivity contribution < 1.29 is 9.84 Å². The highest BCUT2D eigenvalue weighted by atomic mass is 16.5. The zero-order valence-electron chi connectivity index (χ0n) is 7.10. The van der Waals surface area contributed by atoms with Crippen LogP contribution >= 0.6 is 0 Å². The Labute approximate surface area is 67.7 Å². The van der Waals surface area contributed by atoms with E-state index in [4.69, 9.17) is 4.74 Å². The largest absolute Gasteiger partial charge is 0.388 e. The van der Waals surface area contributed by atoms with Gasteiger partial charge in [0.05, 0.1) is 5.60 Å². The van der Waals surface area contributed by atoms with Crippen molar-refractivity contribution in [2.24, 2.45) is 0 Å². The summed E-state index contributed by atoms with van der Waals surface area (Å²) in [5, 5.41) is 13.0. The molecular weight excluding hydrogens is 142 g/mol. The predicted molar refractivity (Wildman–Crippen MR) is 43.5 cm³/mol. The van der Waals surface area contributed by atoms with Crippen molar-refractivity contribution in [1.29, 1.82) is 0 Å². The Morgan fingerprint density at radius 2 is 2.45 bits per heavy atom. The van der Waals surface area contributed by atoms with Crippen LogP contribution in [0.15, 0.2) is 0 Å². The molecule has 1 unspecified atom stereocenters. The van der Waals surface area contributed by atoms with Crippen LogP contribution in [0.4, 0.5) is 0 Å². The lowest BCUT2D eigenvalue weighted by molar-refractivity contribution is -0.0105. The molecule has 0 aromatic carbocycles. The third-order valence-electron chi connectivity index (χ3n) is 2.22. The van der Waals surface area contributed by atoms with Gasteiger partial charge in [0.2, 0.25) is 0 Å². The van der Waals surface area contributed by atoms with Gasteiger partial charge in [-0.1, -0.05) is 0 Å². The molecule has 0 spiro atoms. The molecule has 0 saturated carbocycles. The Morgan fingerprint density at radius 3 is 3.00 bits per heavy atom. The maximum Gasteiger partial charge on any atom is 0.0793 e. The lowest BCUT2D eigenvalue weighted by atomic mass is 9.91. The monoisotopic (exact) mass is 159 g/mol. The first kappa shape index (κ1) is 8.97. The summed E-state index contributed by atoms with van der Waals surface area (Å²) in [4.78, 5) is 0. The van der Waals surface area contributed by atoms with Crippen LogP contribution in [-0.2, 0) is 4.74 Å². The third kappa shape index (κ3) is 2.77. The molecule has 1 saturated heterocycles. The van der Waals surface area contributed by atoms with Crippen molar-refractivity contribution in [2.45, 2.75) is 24.9 Å². The van der Waals surface area contributed by atoms with Crippen LogP contribution in [0.3, 0.4) is 0 Å². The smallest absolute Gasteiger partial charge is 0.0793 e. The zero-order valence-corrected chi connectivity index (χ0v) is 7.10. The van der Waals surface area contributed by atoms with Gasteiger partial charge < -0.3 is 15.2 Å². The maximum atomic E-state index is 9.86. The van der Waals surface area contributed by atoms with Crippen LogP contribution in [0.5, 0.6) is 0 Å². The van der Waals surface area contributed by atoms with E-state index in [1.807, 2.05) is 0 Å². The number of β-amino-alcohol motifs (C(OH)–C–C–N with tert-alkyl or cyclic N) is 1. The molecule has 1 atom stereocenters. The number of nitrogens with one attached hydrogen (secondary N) is 1. The molecule has 11 heavy (non-hydrogen) atoms. The van der Waals surface area contributed by atoms with E-state index in [0.717, 1.165) is 32.4 Å². The molecule has 66 valence electrons. The van der Waals surface area contributed by atoms with E-state index in [-0.39, 0.29) is 0 Å². The Balaban J connectivity index is 2.25. The first-order chi connectivity index (χ1) is 5.27. The van der Waals surface area contributed by atoms with E-state index >= 15 is 0 Å². The molecular formula is C8H17NO2. The molecule has 3 heteroatoms. The summed E-state index contributed by atoms with van der Waals surface area (Å²) in [6.45, 7) is 2.41. The molecule has 1 rings (SSSR count). The summed E-state index contributed by atoms with van der Waals surface area (Å²) in [6, 6.07) is 0. The van der Waals surface area contributed by atoms with Gasteiger partial charge >= 0.3 is 0 Å². The predicted octanol–water partition coefficient (Wildman–Crippen LogP) is 0.137. The fourth-order valence-corrected chi connectivity index (χ4v) is 1.46. The Hall–Kier alpha value is -0.120. The lowest BCUT2D eigenvalue weighted by Crippen LogP contribution is -2.46. The van der Waals surface area contributed by atoms with Crippen LogP contribution in [0.2, 0.25) is 0 Å². The van der Waals surface area contributed by atoms with E-state index < -0.39 is 5.60 Å². The molecule has 1 aliphatic heterocycles. The summed E-state index contributed by atoms with van der Waals surface area (Å²) >= 11 is 0. The highest BCUT2D eigenvalue weighted by Gasteiger charge is 2.28. The van der Waals surface area contributed by atoms with Crippen LogP contribution in [0.1, 0.15) is 19.3 Å². The zero-order chi connectivity index (χ0) is 8.16. The second kappa shape index (κ2) is 4.04. The fourth-order valence-electron chi connectivity index (χ4n) is 1.46. The number of hydrogen-bond acceptors (Lipinski definition) is 3. The van der Waals surface area contributed by atoms with E-state index in [2.05, 4.69) is 5.32 Å². The molecule has 2 N–H and O–H groups in total. The van der Waals surface area contributed by atoms with E-state index in [1.54, 1.807) is 7.11 Å². The van der Waals surface area contributed by atoms with Gasteiger partial charge in [-0.05, 0) is 19.4 Å². The summed E-state index contributed by atoms with van der Waals surface area (Å²) in [5.41, 5.74) is -0.506. The van der Waals surface area contributed by atoms with Crippen molar-refractivity contribution in [3.63, 3.8) is 0 Å². The average Bonchev–Trinajstić information content (AvgIpc) is 2.03. The first-order valence-electron chi connectivity index (χ1n) is 4.19. The number of hydrogen-bond donors (Lipinski definition) is 2.